The molecule has 0 aliphatic rings. The van der Waals surface area contributed by atoms with E-state index in [1.165, 1.54) is 30.3 Å². The Morgan fingerprint density at radius 2 is 1.72 bits per heavy atom. The molecule has 3 N–H and O–H groups in total. The van der Waals surface area contributed by atoms with Crippen LogP contribution >= 0.6 is 11.6 Å². The van der Waals surface area contributed by atoms with Crippen molar-refractivity contribution in [2.75, 3.05) is 10.6 Å². The number of benzene rings is 3. The molecule has 0 spiro atoms. The van der Waals surface area contributed by atoms with Gasteiger partial charge in [0.15, 0.2) is 9.84 Å². The van der Waals surface area contributed by atoms with Gasteiger partial charge in [0.05, 0.1) is 26.2 Å². The molecule has 3 aromatic carbocycles. The van der Waals surface area contributed by atoms with Gasteiger partial charge >= 0.3 is 0 Å². The van der Waals surface area contributed by atoms with Gasteiger partial charge in [-0.15, -0.1) is 0 Å². The number of anilines is 2. The number of aryl methyl sites for hydroxylation is 1. The summed E-state index contributed by atoms with van der Waals surface area (Å²) in [6, 6.07) is 13.8. The van der Waals surface area contributed by atoms with Crippen LogP contribution in [0.4, 0.5) is 17.1 Å². The highest BCUT2D eigenvalue weighted by Gasteiger charge is 2.33. The van der Waals surface area contributed by atoms with Crippen molar-refractivity contribution in [3.05, 3.63) is 86.9 Å². The number of phenols is 1. The highest BCUT2D eigenvalue weighted by molar-refractivity contribution is 7.92. The van der Waals surface area contributed by atoms with Crippen LogP contribution in [0.5, 0.6) is 5.75 Å². The van der Waals surface area contributed by atoms with Gasteiger partial charge in [-0.3, -0.25) is 19.7 Å². The second-order valence-corrected chi connectivity index (χ2v) is 10.4. The van der Waals surface area contributed by atoms with Gasteiger partial charge in [-0.2, -0.15) is 0 Å². The summed E-state index contributed by atoms with van der Waals surface area (Å²) in [5.41, 5.74) is -0.298. The molecule has 12 heteroatoms. The summed E-state index contributed by atoms with van der Waals surface area (Å²) in [6.45, 7) is 3.19. The second-order valence-electron chi connectivity index (χ2n) is 7.83. The zero-order valence-corrected chi connectivity index (χ0v) is 20.8. The van der Waals surface area contributed by atoms with Crippen LogP contribution in [0.3, 0.4) is 0 Å². The number of carbonyl (C=O) groups excluding carboxylic acids is 2. The van der Waals surface area contributed by atoms with Crippen LogP contribution in [0.15, 0.2) is 65.6 Å². The fourth-order valence-electron chi connectivity index (χ4n) is 3.47. The smallest absolute Gasteiger partial charge is 0.282 e. The Labute approximate surface area is 212 Å². The van der Waals surface area contributed by atoms with E-state index >= 15 is 0 Å². The van der Waals surface area contributed by atoms with Crippen LogP contribution in [0, 0.1) is 17.0 Å². The van der Waals surface area contributed by atoms with Gasteiger partial charge in [-0.05, 0) is 43.2 Å². The van der Waals surface area contributed by atoms with Crippen LogP contribution < -0.4 is 10.6 Å². The van der Waals surface area contributed by atoms with Gasteiger partial charge in [0, 0.05) is 12.1 Å². The molecule has 3 aromatic rings. The summed E-state index contributed by atoms with van der Waals surface area (Å²) >= 11 is 6.22. The van der Waals surface area contributed by atoms with E-state index in [1.54, 1.807) is 32.0 Å². The van der Waals surface area contributed by atoms with E-state index < -0.39 is 43.3 Å². The van der Waals surface area contributed by atoms with Crippen LogP contribution in [-0.4, -0.2) is 35.5 Å². The minimum Gasteiger partial charge on any atom is -0.506 e. The molecule has 0 heterocycles. The monoisotopic (exact) mass is 531 g/mol. The van der Waals surface area contributed by atoms with Crippen LogP contribution in [0.2, 0.25) is 5.02 Å². The number of sulfone groups is 1. The van der Waals surface area contributed by atoms with Gasteiger partial charge in [-0.1, -0.05) is 42.8 Å². The number of hydrogen-bond acceptors (Lipinski definition) is 7. The molecule has 2 amide bonds. The molecule has 0 saturated heterocycles. The van der Waals surface area contributed by atoms with Gasteiger partial charge in [0.25, 0.3) is 11.6 Å². The van der Waals surface area contributed by atoms with Crippen molar-refractivity contribution in [3.8, 4) is 5.75 Å². The first-order chi connectivity index (χ1) is 16.9. The average Bonchev–Trinajstić information content (AvgIpc) is 2.82. The first kappa shape index (κ1) is 26.6. The molecule has 1 unspecified atom stereocenters. The normalized spacial score (nSPS) is 12.0. The molecule has 188 valence electrons. The largest absolute Gasteiger partial charge is 0.506 e. The highest BCUT2D eigenvalue weighted by atomic mass is 35.5. The van der Waals surface area contributed by atoms with E-state index in [1.807, 2.05) is 0 Å². The number of carbonyl (C=O) groups is 2. The molecule has 0 fully saturated rings. The molecule has 10 nitrogen and oxygen atoms in total. The molecule has 0 aliphatic heterocycles. The Balaban J connectivity index is 1.84. The third-order valence-electron chi connectivity index (χ3n) is 5.30. The first-order valence-corrected chi connectivity index (χ1v) is 12.6. The third kappa shape index (κ3) is 5.64. The van der Waals surface area contributed by atoms with E-state index in [4.69, 9.17) is 11.6 Å². The van der Waals surface area contributed by atoms with Crippen LogP contribution in [0.1, 0.15) is 29.3 Å². The molecule has 0 saturated carbocycles. The number of nitrogens with one attached hydrogen (secondary N) is 2. The van der Waals surface area contributed by atoms with Gasteiger partial charge in [-0.25, -0.2) is 8.42 Å². The summed E-state index contributed by atoms with van der Waals surface area (Å²) in [7, 11) is -3.99. The Kier molecular flexibility index (Phi) is 7.96. The van der Waals surface area contributed by atoms with Crippen molar-refractivity contribution < 1.29 is 28.0 Å². The Morgan fingerprint density at radius 3 is 2.33 bits per heavy atom. The van der Waals surface area contributed by atoms with E-state index in [0.29, 0.717) is 5.56 Å². The van der Waals surface area contributed by atoms with Crippen LogP contribution in [-0.2, 0) is 14.6 Å². The van der Waals surface area contributed by atoms with Gasteiger partial charge < -0.3 is 15.7 Å². The van der Waals surface area contributed by atoms with Crippen molar-refractivity contribution >= 4 is 50.3 Å². The SMILES string of the molecule is CCC(C(=O)Nc1cc(O)c(NC(=O)c2ccc(C)cc2[N+](=O)[O-])cc1Cl)S(=O)(=O)c1ccccc1. The maximum atomic E-state index is 12.9. The number of nitrogens with zero attached hydrogens (tertiary/aromatic N) is 1. The summed E-state index contributed by atoms with van der Waals surface area (Å²) in [5, 5.41) is 25.0. The minimum atomic E-state index is -3.99. The molecular weight excluding hydrogens is 510 g/mol. The van der Waals surface area contributed by atoms with E-state index in [2.05, 4.69) is 10.6 Å². The molecule has 0 aliphatic carbocycles. The molecule has 3 rings (SSSR count). The number of nitro benzene ring substituents is 1. The molecular formula is C24H22ClN3O7S. The fourth-order valence-corrected chi connectivity index (χ4v) is 5.32. The second kappa shape index (κ2) is 10.8. The molecule has 1 atom stereocenters. The standard InChI is InChI=1S/C24H22ClN3O7S/c1-3-22(36(34,35)15-7-5-4-6-8-15)24(31)26-18-13-21(29)19(12-17(18)25)27-23(30)16-10-9-14(2)11-20(16)28(32)33/h4-13,22,29H,3H2,1-2H3,(H,26,31)(H,27,30). The Morgan fingerprint density at radius 1 is 1.06 bits per heavy atom. The van der Waals surface area contributed by atoms with Gasteiger partial charge in [0.1, 0.15) is 16.6 Å². The predicted molar refractivity (Wildman–Crippen MR) is 135 cm³/mol. The minimum absolute atomic E-state index is 0.01000. The number of amides is 2. The molecule has 0 radical (unpaired) electrons. The van der Waals surface area contributed by atoms with E-state index in [0.717, 1.165) is 12.1 Å². The topological polar surface area (TPSA) is 156 Å². The Bertz CT molecular complexity index is 1440. The van der Waals surface area contributed by atoms with Crippen molar-refractivity contribution in [2.24, 2.45) is 0 Å². The summed E-state index contributed by atoms with van der Waals surface area (Å²) in [4.78, 5) is 36.1. The zero-order chi connectivity index (χ0) is 26.6. The number of nitro groups is 1. The zero-order valence-electron chi connectivity index (χ0n) is 19.2. The molecule has 0 aromatic heterocycles. The lowest BCUT2D eigenvalue weighted by molar-refractivity contribution is -0.385. The maximum absolute atomic E-state index is 12.9. The van der Waals surface area contributed by atoms with Crippen LogP contribution in [0.25, 0.3) is 0 Å². The summed E-state index contributed by atoms with van der Waals surface area (Å²) in [5.74, 6) is -2.21. The Hall–Kier alpha value is -3.96. The van der Waals surface area contributed by atoms with Crippen molar-refractivity contribution in [1.29, 1.82) is 0 Å². The third-order valence-corrected chi connectivity index (χ3v) is 7.83. The number of rotatable bonds is 8. The van der Waals surface area contributed by atoms with Gasteiger partial charge in [0.2, 0.25) is 5.91 Å². The van der Waals surface area contributed by atoms with E-state index in [9.17, 15) is 33.2 Å². The summed E-state index contributed by atoms with van der Waals surface area (Å²) in [6.07, 6.45) is -0.0177. The first-order valence-electron chi connectivity index (χ1n) is 10.6. The number of aromatic hydroxyl groups is 1. The maximum Gasteiger partial charge on any atom is 0.282 e. The highest BCUT2D eigenvalue weighted by Crippen LogP contribution is 2.35. The molecule has 36 heavy (non-hydrogen) atoms. The van der Waals surface area contributed by atoms with Crippen molar-refractivity contribution in [2.45, 2.75) is 30.4 Å². The average molecular weight is 532 g/mol. The number of phenolic OH excluding ortho intramolecular Hbond substituents is 1. The number of hydrogen-bond donors (Lipinski definition) is 3. The lowest BCUT2D eigenvalue weighted by Gasteiger charge is -2.17. The van der Waals surface area contributed by atoms with Crippen molar-refractivity contribution in [1.82, 2.24) is 0 Å². The lowest BCUT2D eigenvalue weighted by atomic mass is 10.1. The van der Waals surface area contributed by atoms with E-state index in [-0.39, 0.29) is 33.3 Å². The molecule has 0 bridgehead atoms. The lowest BCUT2D eigenvalue weighted by Crippen LogP contribution is -2.34. The van der Waals surface area contributed by atoms with Crippen molar-refractivity contribution in [3.63, 3.8) is 0 Å². The fraction of sp³-hybridized carbons (Fsp3) is 0.167. The number of halogens is 1. The predicted octanol–water partition coefficient (Wildman–Crippen LogP) is 4.71. The summed E-state index contributed by atoms with van der Waals surface area (Å²) < 4.78 is 25.8. The quantitative estimate of drug-likeness (QED) is 0.216.